The number of carbonyl (C=O) groups excluding carboxylic acids is 1. The van der Waals surface area contributed by atoms with E-state index in [1.807, 2.05) is 32.0 Å². The molecule has 0 aliphatic carbocycles. The second kappa shape index (κ2) is 6.22. The summed E-state index contributed by atoms with van der Waals surface area (Å²) in [5.41, 5.74) is 1.85. The summed E-state index contributed by atoms with van der Waals surface area (Å²) in [7, 11) is 0. The van der Waals surface area contributed by atoms with Crippen molar-refractivity contribution in [2.24, 2.45) is 5.41 Å². The van der Waals surface area contributed by atoms with Crippen LogP contribution in [0.5, 0.6) is 0 Å². The molecule has 0 radical (unpaired) electrons. The topological polar surface area (TPSA) is 53.4 Å². The van der Waals surface area contributed by atoms with Gasteiger partial charge in [-0.2, -0.15) is 0 Å². The van der Waals surface area contributed by atoms with Crippen LogP contribution in [0.15, 0.2) is 30.3 Å². The van der Waals surface area contributed by atoms with E-state index in [1.54, 1.807) is 0 Å². The number of aryl methyl sites for hydroxylation is 2. The van der Waals surface area contributed by atoms with Gasteiger partial charge in [0.25, 0.3) is 5.91 Å². The average Bonchev–Trinajstić information content (AvgIpc) is 3.26. The number of aromatic nitrogens is 1. The van der Waals surface area contributed by atoms with Gasteiger partial charge in [0.05, 0.1) is 17.3 Å². The monoisotopic (exact) mass is 356 g/mol. The number of aliphatic hydroxyl groups excluding tert-OH is 1. The maximum Gasteiger partial charge on any atom is 0.266 e. The second-order valence-electron chi connectivity index (χ2n) is 7.49. The van der Waals surface area contributed by atoms with Crippen LogP contribution in [-0.2, 0) is 6.42 Å². The van der Waals surface area contributed by atoms with Crippen LogP contribution in [0.25, 0.3) is 0 Å². The lowest BCUT2D eigenvalue weighted by Gasteiger charge is -2.36. The maximum absolute atomic E-state index is 13.2. The zero-order valence-electron chi connectivity index (χ0n) is 14.7. The Labute approximate surface area is 152 Å². The molecular formula is C20H24N2O2S. The molecule has 2 aliphatic heterocycles. The lowest BCUT2D eigenvalue weighted by Crippen LogP contribution is -2.43. The molecule has 0 spiro atoms. The summed E-state index contributed by atoms with van der Waals surface area (Å²) >= 11 is 1.49. The van der Waals surface area contributed by atoms with Gasteiger partial charge in [-0.15, -0.1) is 11.3 Å². The van der Waals surface area contributed by atoms with E-state index < -0.39 is 0 Å². The smallest absolute Gasteiger partial charge is 0.266 e. The van der Waals surface area contributed by atoms with E-state index >= 15 is 0 Å². The number of nitrogens with zero attached hydrogens (tertiary/aromatic N) is 2. The van der Waals surface area contributed by atoms with Crippen molar-refractivity contribution in [3.63, 3.8) is 0 Å². The molecule has 4 rings (SSSR count). The van der Waals surface area contributed by atoms with Crippen LogP contribution in [0.4, 0.5) is 0 Å². The lowest BCUT2D eigenvalue weighted by atomic mass is 9.70. The first-order chi connectivity index (χ1) is 12.0. The quantitative estimate of drug-likeness (QED) is 0.914. The van der Waals surface area contributed by atoms with Crippen molar-refractivity contribution in [2.45, 2.75) is 51.6 Å². The number of thiazole rings is 1. The van der Waals surface area contributed by atoms with E-state index in [9.17, 15) is 9.90 Å². The number of rotatable bonds is 4. The van der Waals surface area contributed by atoms with Gasteiger partial charge in [-0.3, -0.25) is 4.79 Å². The van der Waals surface area contributed by atoms with Crippen molar-refractivity contribution in [1.82, 2.24) is 9.88 Å². The molecule has 1 N–H and O–H groups in total. The number of hydrogen-bond acceptors (Lipinski definition) is 4. The fraction of sp³-hybridized carbons (Fsp3) is 0.500. The summed E-state index contributed by atoms with van der Waals surface area (Å²) < 4.78 is 0. The van der Waals surface area contributed by atoms with Gasteiger partial charge in [-0.05, 0) is 45.1 Å². The Morgan fingerprint density at radius 2 is 2.08 bits per heavy atom. The van der Waals surface area contributed by atoms with E-state index in [2.05, 4.69) is 22.0 Å². The van der Waals surface area contributed by atoms with E-state index in [0.717, 1.165) is 41.3 Å². The van der Waals surface area contributed by atoms with Gasteiger partial charge in [0, 0.05) is 17.5 Å². The Hall–Kier alpha value is -1.72. The lowest BCUT2D eigenvalue weighted by molar-refractivity contribution is 0.0574. The zero-order chi connectivity index (χ0) is 17.6. The number of benzene rings is 1. The molecule has 2 saturated heterocycles. The molecule has 1 aromatic heterocycles. The number of hydrogen-bond donors (Lipinski definition) is 1. The van der Waals surface area contributed by atoms with Crippen molar-refractivity contribution in [2.75, 3.05) is 6.61 Å². The summed E-state index contributed by atoms with van der Waals surface area (Å²) in [4.78, 5) is 20.5. The minimum absolute atomic E-state index is 0.110. The Kier molecular flexibility index (Phi) is 4.16. The molecule has 0 saturated carbocycles. The van der Waals surface area contributed by atoms with Gasteiger partial charge in [0.1, 0.15) is 4.88 Å². The number of amides is 1. The van der Waals surface area contributed by atoms with Gasteiger partial charge in [-0.25, -0.2) is 4.98 Å². The second-order valence-corrected chi connectivity index (χ2v) is 8.70. The van der Waals surface area contributed by atoms with Gasteiger partial charge in [-0.1, -0.05) is 30.3 Å². The van der Waals surface area contributed by atoms with E-state index in [1.165, 1.54) is 16.9 Å². The summed E-state index contributed by atoms with van der Waals surface area (Å²) in [6.45, 7) is 3.99. The maximum atomic E-state index is 13.2. The molecule has 4 nitrogen and oxygen atoms in total. The first-order valence-electron chi connectivity index (χ1n) is 8.95. The minimum Gasteiger partial charge on any atom is -0.396 e. The molecule has 5 heteroatoms. The molecule has 2 aromatic rings. The first kappa shape index (κ1) is 16.7. The zero-order valence-corrected chi connectivity index (χ0v) is 15.6. The van der Waals surface area contributed by atoms with Gasteiger partial charge < -0.3 is 10.0 Å². The highest BCUT2D eigenvalue weighted by Gasteiger charge is 2.57. The summed E-state index contributed by atoms with van der Waals surface area (Å²) in [5, 5.41) is 11.2. The van der Waals surface area contributed by atoms with Gasteiger partial charge in [0.2, 0.25) is 0 Å². The van der Waals surface area contributed by atoms with Gasteiger partial charge in [0.15, 0.2) is 0 Å². The molecule has 0 unspecified atom stereocenters. The Morgan fingerprint density at radius 3 is 2.72 bits per heavy atom. The van der Waals surface area contributed by atoms with Crippen LogP contribution >= 0.6 is 11.3 Å². The van der Waals surface area contributed by atoms with Crippen LogP contribution in [0, 0.1) is 19.3 Å². The third-order valence-electron chi connectivity index (χ3n) is 5.90. The highest BCUT2D eigenvalue weighted by Crippen LogP contribution is 2.52. The molecule has 25 heavy (non-hydrogen) atoms. The molecular weight excluding hydrogens is 332 g/mol. The number of fused-ring (bicyclic) bond motifs is 2. The van der Waals surface area contributed by atoms with Crippen LogP contribution in [0.3, 0.4) is 0 Å². The van der Waals surface area contributed by atoms with E-state index in [4.69, 9.17) is 0 Å². The SMILES string of the molecule is Cc1nc(C)c(C(=O)N2[C@H]3CC[C@@H]2[C@@](CO)(Cc2ccccc2)C3)s1. The Balaban J connectivity index is 1.64. The third kappa shape index (κ3) is 2.70. The molecule has 2 fully saturated rings. The molecule has 3 atom stereocenters. The average molecular weight is 356 g/mol. The van der Waals surface area contributed by atoms with Gasteiger partial charge >= 0.3 is 0 Å². The molecule has 1 aromatic carbocycles. The normalized spacial score (nSPS) is 27.9. The molecule has 2 bridgehead atoms. The third-order valence-corrected chi connectivity index (χ3v) is 6.96. The van der Waals surface area contributed by atoms with Crippen LogP contribution in [-0.4, -0.2) is 39.6 Å². The van der Waals surface area contributed by atoms with Crippen molar-refractivity contribution < 1.29 is 9.90 Å². The minimum atomic E-state index is -0.215. The predicted octanol–water partition coefficient (Wildman–Crippen LogP) is 3.36. The number of aliphatic hydroxyl groups is 1. The van der Waals surface area contributed by atoms with Crippen molar-refractivity contribution in [3.8, 4) is 0 Å². The van der Waals surface area contributed by atoms with Crippen LogP contribution < -0.4 is 0 Å². The highest BCUT2D eigenvalue weighted by molar-refractivity contribution is 7.13. The van der Waals surface area contributed by atoms with Crippen LogP contribution in [0.2, 0.25) is 0 Å². The Morgan fingerprint density at radius 1 is 1.32 bits per heavy atom. The fourth-order valence-electron chi connectivity index (χ4n) is 4.86. The summed E-state index contributed by atoms with van der Waals surface area (Å²) in [5.74, 6) is 0.110. The van der Waals surface area contributed by atoms with E-state index in [0.29, 0.717) is 0 Å². The highest BCUT2D eigenvalue weighted by atomic mass is 32.1. The molecule has 1 amide bonds. The molecule has 132 valence electrons. The summed E-state index contributed by atoms with van der Waals surface area (Å²) in [6.07, 6.45) is 3.76. The molecule has 2 aliphatic rings. The standard InChI is InChI=1S/C20H24N2O2S/c1-13-18(25-14(2)21-13)19(24)22-16-8-9-17(22)20(11-16,12-23)10-15-6-4-3-5-7-15/h3-7,16-17,23H,8-12H2,1-2H3/t16-,17+,20-/m0/s1. The number of carbonyl (C=O) groups is 1. The molecule has 3 heterocycles. The van der Waals surface area contributed by atoms with Crippen molar-refractivity contribution >= 4 is 17.2 Å². The predicted molar refractivity (Wildman–Crippen MR) is 98.8 cm³/mol. The largest absolute Gasteiger partial charge is 0.396 e. The summed E-state index contributed by atoms with van der Waals surface area (Å²) in [6, 6.07) is 10.7. The van der Waals surface area contributed by atoms with Crippen molar-refractivity contribution in [3.05, 3.63) is 51.5 Å². The van der Waals surface area contributed by atoms with Crippen molar-refractivity contribution in [1.29, 1.82) is 0 Å². The first-order valence-corrected chi connectivity index (χ1v) is 9.77. The van der Waals surface area contributed by atoms with Crippen LogP contribution in [0.1, 0.15) is 45.2 Å². The fourth-order valence-corrected chi connectivity index (χ4v) is 5.73. The van der Waals surface area contributed by atoms with E-state index in [-0.39, 0.29) is 30.0 Å². The Bertz CT molecular complexity index is 788.